The fourth-order valence-corrected chi connectivity index (χ4v) is 1.21. The van der Waals surface area contributed by atoms with Crippen LogP contribution in [0.1, 0.15) is 20.8 Å². The Morgan fingerprint density at radius 2 is 2.20 bits per heavy atom. The van der Waals surface area contributed by atoms with E-state index in [9.17, 15) is 4.79 Å². The normalized spacial score (nSPS) is 21.8. The first-order chi connectivity index (χ1) is 6.88. The lowest BCUT2D eigenvalue weighted by molar-refractivity contribution is 0.00647. The van der Waals surface area contributed by atoms with Crippen molar-refractivity contribution in [3.8, 4) is 11.8 Å². The molecule has 1 saturated heterocycles. The molecule has 0 radical (unpaired) electrons. The van der Waals surface area contributed by atoms with Crippen molar-refractivity contribution in [1.82, 2.24) is 4.90 Å². The number of hydrogen-bond donors (Lipinski definition) is 1. The lowest BCUT2D eigenvalue weighted by atomic mass is 9.97. The van der Waals surface area contributed by atoms with Crippen LogP contribution in [0.4, 0.5) is 4.79 Å². The highest BCUT2D eigenvalue weighted by Gasteiger charge is 2.22. The number of ether oxygens (including phenoxy) is 1. The summed E-state index contributed by atoms with van der Waals surface area (Å²) in [6, 6.07) is 0. The van der Waals surface area contributed by atoms with Crippen molar-refractivity contribution in [3.63, 3.8) is 0 Å². The zero-order chi connectivity index (χ0) is 11.5. The second-order valence-corrected chi connectivity index (χ2v) is 4.61. The Bertz CT molecular complexity index is 295. The molecule has 0 saturated carbocycles. The molecule has 0 aromatic rings. The van der Waals surface area contributed by atoms with E-state index in [-0.39, 0.29) is 11.5 Å². The summed E-state index contributed by atoms with van der Waals surface area (Å²) in [5, 5.41) is 8.81. The number of nitrogens with zero attached hydrogens (tertiary/aromatic N) is 1. The quantitative estimate of drug-likeness (QED) is 0.616. The summed E-state index contributed by atoms with van der Waals surface area (Å²) >= 11 is 0. The first-order valence-electron chi connectivity index (χ1n) is 5.01. The molecule has 4 heteroatoms. The van der Waals surface area contributed by atoms with Crippen LogP contribution in [-0.4, -0.2) is 41.9 Å². The summed E-state index contributed by atoms with van der Waals surface area (Å²) in [4.78, 5) is 12.1. The van der Waals surface area contributed by atoms with Crippen LogP contribution in [0.25, 0.3) is 0 Å². The van der Waals surface area contributed by atoms with Gasteiger partial charge in [0.05, 0.1) is 13.2 Å². The zero-order valence-electron chi connectivity index (χ0n) is 9.41. The smallest absolute Gasteiger partial charge is 0.407 e. The van der Waals surface area contributed by atoms with Crippen molar-refractivity contribution in [2.75, 3.05) is 19.7 Å². The number of carbonyl (C=O) groups is 1. The van der Waals surface area contributed by atoms with Gasteiger partial charge in [0.1, 0.15) is 6.10 Å². The van der Waals surface area contributed by atoms with E-state index in [0.717, 1.165) is 0 Å². The molecule has 1 rings (SSSR count). The van der Waals surface area contributed by atoms with Crippen LogP contribution < -0.4 is 0 Å². The van der Waals surface area contributed by atoms with E-state index in [1.54, 1.807) is 0 Å². The van der Waals surface area contributed by atoms with Gasteiger partial charge < -0.3 is 14.7 Å². The summed E-state index contributed by atoms with van der Waals surface area (Å²) in [5.74, 6) is 6.03. The maximum Gasteiger partial charge on any atom is 0.407 e. The van der Waals surface area contributed by atoms with Gasteiger partial charge in [0.2, 0.25) is 0 Å². The van der Waals surface area contributed by atoms with Crippen molar-refractivity contribution in [1.29, 1.82) is 0 Å². The molecule has 0 spiro atoms. The van der Waals surface area contributed by atoms with Crippen molar-refractivity contribution in [2.24, 2.45) is 5.41 Å². The molecule has 1 aliphatic rings. The molecule has 0 aromatic carbocycles. The monoisotopic (exact) mass is 211 g/mol. The van der Waals surface area contributed by atoms with Crippen LogP contribution in [0.15, 0.2) is 0 Å². The van der Waals surface area contributed by atoms with E-state index in [1.165, 1.54) is 4.90 Å². The predicted molar refractivity (Wildman–Crippen MR) is 56.6 cm³/mol. The first kappa shape index (κ1) is 11.9. The molecule has 0 aromatic heterocycles. The number of carboxylic acid groups (broad SMARTS) is 1. The van der Waals surface area contributed by atoms with Crippen molar-refractivity contribution < 1.29 is 14.6 Å². The van der Waals surface area contributed by atoms with Gasteiger partial charge in [0, 0.05) is 12.0 Å². The van der Waals surface area contributed by atoms with Gasteiger partial charge in [-0.1, -0.05) is 11.8 Å². The van der Waals surface area contributed by atoms with Gasteiger partial charge in [0.15, 0.2) is 0 Å². The number of morpholine rings is 1. The summed E-state index contributed by atoms with van der Waals surface area (Å²) < 4.78 is 5.38. The van der Waals surface area contributed by atoms with Gasteiger partial charge in [0.25, 0.3) is 0 Å². The standard InChI is InChI=1S/C11H17NO3/c1-11(2,3)5-4-9-8-12(10(13)14)6-7-15-9/h9H,6-8H2,1-3H3,(H,13,14). The van der Waals surface area contributed by atoms with E-state index < -0.39 is 6.09 Å². The van der Waals surface area contributed by atoms with Crippen molar-refractivity contribution in [3.05, 3.63) is 0 Å². The van der Waals surface area contributed by atoms with E-state index >= 15 is 0 Å². The average molecular weight is 211 g/mol. The van der Waals surface area contributed by atoms with Gasteiger partial charge in [-0.2, -0.15) is 0 Å². The molecule has 1 N–H and O–H groups in total. The Balaban J connectivity index is 2.56. The molecule has 84 valence electrons. The highest BCUT2D eigenvalue weighted by molar-refractivity contribution is 5.65. The summed E-state index contributed by atoms with van der Waals surface area (Å²) in [7, 11) is 0. The van der Waals surface area contributed by atoms with Crippen molar-refractivity contribution >= 4 is 6.09 Å². The Morgan fingerprint density at radius 3 is 2.73 bits per heavy atom. The number of hydrogen-bond acceptors (Lipinski definition) is 2. The third-order valence-electron chi connectivity index (χ3n) is 1.95. The second kappa shape index (κ2) is 4.54. The first-order valence-corrected chi connectivity index (χ1v) is 5.01. The lowest BCUT2D eigenvalue weighted by Gasteiger charge is -2.28. The van der Waals surface area contributed by atoms with Crippen LogP contribution in [0.2, 0.25) is 0 Å². The summed E-state index contributed by atoms with van der Waals surface area (Å²) in [6.07, 6.45) is -1.19. The third-order valence-corrected chi connectivity index (χ3v) is 1.95. The van der Waals surface area contributed by atoms with Crippen LogP contribution in [0, 0.1) is 17.3 Å². The van der Waals surface area contributed by atoms with Gasteiger partial charge in [-0.3, -0.25) is 0 Å². The van der Waals surface area contributed by atoms with E-state index in [2.05, 4.69) is 11.8 Å². The maximum atomic E-state index is 10.7. The van der Waals surface area contributed by atoms with E-state index in [1.807, 2.05) is 20.8 Å². The predicted octanol–water partition coefficient (Wildman–Crippen LogP) is 1.41. The van der Waals surface area contributed by atoms with Gasteiger partial charge in [-0.25, -0.2) is 4.79 Å². The Kier molecular flexibility index (Phi) is 3.59. The SMILES string of the molecule is CC(C)(C)C#CC1CN(C(=O)O)CCO1. The molecule has 1 fully saturated rings. The molecule has 1 aliphatic heterocycles. The van der Waals surface area contributed by atoms with Crippen molar-refractivity contribution in [2.45, 2.75) is 26.9 Å². The van der Waals surface area contributed by atoms with Gasteiger partial charge in [-0.05, 0) is 20.8 Å². The fraction of sp³-hybridized carbons (Fsp3) is 0.727. The minimum Gasteiger partial charge on any atom is -0.465 e. The molecule has 1 heterocycles. The van der Waals surface area contributed by atoms with Crippen LogP contribution in [0.5, 0.6) is 0 Å². The second-order valence-electron chi connectivity index (χ2n) is 4.61. The minimum atomic E-state index is -0.902. The van der Waals surface area contributed by atoms with Crippen LogP contribution in [0.3, 0.4) is 0 Å². The summed E-state index contributed by atoms with van der Waals surface area (Å²) in [5.41, 5.74) is -0.0745. The zero-order valence-corrected chi connectivity index (χ0v) is 9.41. The molecule has 0 bridgehead atoms. The summed E-state index contributed by atoms with van der Waals surface area (Å²) in [6.45, 7) is 7.24. The highest BCUT2D eigenvalue weighted by Crippen LogP contribution is 2.11. The van der Waals surface area contributed by atoms with E-state index in [4.69, 9.17) is 9.84 Å². The molecule has 4 nitrogen and oxygen atoms in total. The molecule has 1 amide bonds. The number of amides is 1. The maximum absolute atomic E-state index is 10.7. The van der Waals surface area contributed by atoms with Crippen LogP contribution >= 0.6 is 0 Å². The Labute approximate surface area is 90.2 Å². The minimum absolute atomic E-state index is 0.0745. The highest BCUT2D eigenvalue weighted by atomic mass is 16.5. The topological polar surface area (TPSA) is 49.8 Å². The largest absolute Gasteiger partial charge is 0.465 e. The number of rotatable bonds is 0. The average Bonchev–Trinajstić information content (AvgIpc) is 2.14. The Hall–Kier alpha value is -1.21. The molecule has 1 atom stereocenters. The molecule has 0 aliphatic carbocycles. The van der Waals surface area contributed by atoms with E-state index in [0.29, 0.717) is 19.7 Å². The molecule has 1 unspecified atom stereocenters. The molecular formula is C11H17NO3. The third kappa shape index (κ3) is 4.22. The fourth-order valence-electron chi connectivity index (χ4n) is 1.21. The van der Waals surface area contributed by atoms with Crippen LogP contribution in [-0.2, 0) is 4.74 Å². The molecular weight excluding hydrogens is 194 g/mol. The molecule has 15 heavy (non-hydrogen) atoms. The lowest BCUT2D eigenvalue weighted by Crippen LogP contribution is -2.44. The Morgan fingerprint density at radius 1 is 1.53 bits per heavy atom. The van der Waals surface area contributed by atoms with Gasteiger partial charge >= 0.3 is 6.09 Å². The van der Waals surface area contributed by atoms with Gasteiger partial charge in [-0.15, -0.1) is 0 Å².